The van der Waals surface area contributed by atoms with Crippen LogP contribution in [0.4, 0.5) is 0 Å². The van der Waals surface area contributed by atoms with E-state index >= 15 is 0 Å². The number of amides is 1. The third kappa shape index (κ3) is 7.76. The van der Waals surface area contributed by atoms with Crippen LogP contribution in [0.3, 0.4) is 0 Å². The smallest absolute Gasteiger partial charge is 0.236 e. The molecule has 1 rings (SSSR count). The molecule has 6 nitrogen and oxygen atoms in total. The lowest BCUT2D eigenvalue weighted by molar-refractivity contribution is -0.134. The lowest BCUT2D eigenvalue weighted by Crippen LogP contribution is -2.47. The van der Waals surface area contributed by atoms with E-state index < -0.39 is 0 Å². The molecule has 21 heavy (non-hydrogen) atoms. The Bertz CT molecular complexity index is 271. The van der Waals surface area contributed by atoms with E-state index in [0.29, 0.717) is 52.1 Å². The van der Waals surface area contributed by atoms with Crippen LogP contribution in [0.25, 0.3) is 0 Å². The molecule has 124 valence electrons. The maximum Gasteiger partial charge on any atom is 0.236 e. The van der Waals surface area contributed by atoms with Crippen LogP contribution in [0.1, 0.15) is 26.7 Å². The monoisotopic (exact) mass is 301 g/mol. The number of hydrogen-bond acceptors (Lipinski definition) is 5. The summed E-state index contributed by atoms with van der Waals surface area (Å²) < 4.78 is 10.7. The summed E-state index contributed by atoms with van der Waals surface area (Å²) in [5.41, 5.74) is 5.89. The molecule has 1 aliphatic heterocycles. The molecular formula is C15H31N3O3. The maximum absolute atomic E-state index is 12.4. The first kappa shape index (κ1) is 18.4. The first-order chi connectivity index (χ1) is 10.2. The van der Waals surface area contributed by atoms with E-state index in [9.17, 15) is 4.79 Å². The summed E-state index contributed by atoms with van der Waals surface area (Å²) in [6, 6.07) is 0.295. The van der Waals surface area contributed by atoms with Gasteiger partial charge < -0.3 is 20.1 Å². The molecule has 0 unspecified atom stereocenters. The molecule has 0 atom stereocenters. The number of piperidine rings is 1. The first-order valence-corrected chi connectivity index (χ1v) is 8.08. The molecule has 1 heterocycles. The normalized spacial score (nSPS) is 17.1. The van der Waals surface area contributed by atoms with Crippen LogP contribution in [0.2, 0.25) is 0 Å². The van der Waals surface area contributed by atoms with Crippen molar-refractivity contribution >= 4 is 5.91 Å². The fraction of sp³-hybridized carbons (Fsp3) is 0.933. The summed E-state index contributed by atoms with van der Waals surface area (Å²) in [5, 5.41) is 0. The average Bonchev–Trinajstić information content (AvgIpc) is 2.48. The zero-order valence-electron chi connectivity index (χ0n) is 13.6. The Morgan fingerprint density at radius 3 is 2.14 bits per heavy atom. The Morgan fingerprint density at radius 2 is 1.67 bits per heavy atom. The molecular weight excluding hydrogens is 270 g/mol. The Balaban J connectivity index is 2.37. The molecule has 0 spiro atoms. The van der Waals surface area contributed by atoms with Crippen molar-refractivity contribution in [1.29, 1.82) is 0 Å². The first-order valence-electron chi connectivity index (χ1n) is 8.08. The third-order valence-corrected chi connectivity index (χ3v) is 3.76. The van der Waals surface area contributed by atoms with Crippen LogP contribution in [0.5, 0.6) is 0 Å². The van der Waals surface area contributed by atoms with Gasteiger partial charge in [-0.25, -0.2) is 0 Å². The molecule has 1 fully saturated rings. The van der Waals surface area contributed by atoms with Gasteiger partial charge in [0.2, 0.25) is 5.91 Å². The van der Waals surface area contributed by atoms with Crippen LogP contribution in [0, 0.1) is 0 Å². The van der Waals surface area contributed by atoms with Gasteiger partial charge in [-0.3, -0.25) is 9.69 Å². The second-order valence-corrected chi connectivity index (χ2v) is 5.39. The highest BCUT2D eigenvalue weighted by molar-refractivity contribution is 5.78. The molecule has 2 N–H and O–H groups in total. The van der Waals surface area contributed by atoms with E-state index in [-0.39, 0.29) is 5.91 Å². The lowest BCUT2D eigenvalue weighted by Gasteiger charge is -2.31. The van der Waals surface area contributed by atoms with Crippen molar-refractivity contribution in [2.24, 2.45) is 5.73 Å². The largest absolute Gasteiger partial charge is 0.380 e. The fourth-order valence-corrected chi connectivity index (χ4v) is 2.40. The summed E-state index contributed by atoms with van der Waals surface area (Å²) in [4.78, 5) is 16.5. The van der Waals surface area contributed by atoms with E-state index in [1.54, 1.807) is 0 Å². The summed E-state index contributed by atoms with van der Waals surface area (Å²) in [6.07, 6.45) is 1.95. The van der Waals surface area contributed by atoms with Crippen molar-refractivity contribution in [3.63, 3.8) is 0 Å². The number of carbonyl (C=O) groups excluding carboxylic acids is 1. The molecule has 0 bridgehead atoms. The van der Waals surface area contributed by atoms with E-state index in [4.69, 9.17) is 15.2 Å². The van der Waals surface area contributed by atoms with E-state index in [2.05, 4.69) is 4.90 Å². The van der Waals surface area contributed by atoms with Gasteiger partial charge in [-0.2, -0.15) is 0 Å². The van der Waals surface area contributed by atoms with Crippen LogP contribution in [-0.2, 0) is 14.3 Å². The highest BCUT2D eigenvalue weighted by Crippen LogP contribution is 2.08. The van der Waals surface area contributed by atoms with Crippen molar-refractivity contribution in [3.05, 3.63) is 0 Å². The predicted molar refractivity (Wildman–Crippen MR) is 83.2 cm³/mol. The van der Waals surface area contributed by atoms with Crippen molar-refractivity contribution in [3.8, 4) is 0 Å². The second-order valence-electron chi connectivity index (χ2n) is 5.39. The van der Waals surface area contributed by atoms with Gasteiger partial charge in [-0.05, 0) is 26.7 Å². The fourth-order valence-electron chi connectivity index (χ4n) is 2.40. The second kappa shape index (κ2) is 11.0. The highest BCUT2D eigenvalue weighted by Gasteiger charge is 2.21. The van der Waals surface area contributed by atoms with E-state index in [1.165, 1.54) is 0 Å². The molecule has 0 radical (unpaired) electrons. The number of nitrogens with two attached hydrogens (primary N) is 1. The van der Waals surface area contributed by atoms with Crippen molar-refractivity contribution in [2.45, 2.75) is 32.7 Å². The number of likely N-dealkylation sites (tertiary alicyclic amines) is 1. The Kier molecular flexibility index (Phi) is 9.58. The highest BCUT2D eigenvalue weighted by atomic mass is 16.5. The van der Waals surface area contributed by atoms with Gasteiger partial charge in [0.1, 0.15) is 0 Å². The molecule has 0 aromatic carbocycles. The summed E-state index contributed by atoms with van der Waals surface area (Å²) in [7, 11) is 0. The molecule has 1 amide bonds. The minimum atomic E-state index is 0.157. The standard InChI is InChI=1S/C15H31N3O3/c1-3-20-11-9-18(10-12-21-4-2)15(19)13-17-7-5-14(16)6-8-17/h14H,3-13,16H2,1-2H3. The van der Waals surface area contributed by atoms with Crippen molar-refractivity contribution in [2.75, 3.05) is 59.2 Å². The van der Waals surface area contributed by atoms with Gasteiger partial charge in [0.25, 0.3) is 0 Å². The zero-order chi connectivity index (χ0) is 15.5. The van der Waals surface area contributed by atoms with Gasteiger partial charge in [-0.1, -0.05) is 0 Å². The SMILES string of the molecule is CCOCCN(CCOCC)C(=O)CN1CCC(N)CC1. The molecule has 6 heteroatoms. The number of hydrogen-bond donors (Lipinski definition) is 1. The van der Waals surface area contributed by atoms with Gasteiger partial charge in [-0.15, -0.1) is 0 Å². The molecule has 0 aliphatic carbocycles. The zero-order valence-corrected chi connectivity index (χ0v) is 13.6. The minimum Gasteiger partial charge on any atom is -0.380 e. The van der Waals surface area contributed by atoms with Gasteiger partial charge >= 0.3 is 0 Å². The third-order valence-electron chi connectivity index (χ3n) is 3.76. The van der Waals surface area contributed by atoms with E-state index in [0.717, 1.165) is 25.9 Å². The van der Waals surface area contributed by atoms with Gasteiger partial charge in [0.05, 0.1) is 19.8 Å². The maximum atomic E-state index is 12.4. The number of nitrogens with zero attached hydrogens (tertiary/aromatic N) is 2. The summed E-state index contributed by atoms with van der Waals surface area (Å²) in [5.74, 6) is 0.157. The molecule has 0 aromatic rings. The minimum absolute atomic E-state index is 0.157. The van der Waals surface area contributed by atoms with Crippen LogP contribution >= 0.6 is 0 Å². The van der Waals surface area contributed by atoms with Crippen LogP contribution in [0.15, 0.2) is 0 Å². The van der Waals surface area contributed by atoms with Gasteiger partial charge in [0, 0.05) is 45.4 Å². The topological polar surface area (TPSA) is 68.0 Å². The Labute approximate surface area is 128 Å². The Morgan fingerprint density at radius 1 is 1.14 bits per heavy atom. The average molecular weight is 301 g/mol. The van der Waals surface area contributed by atoms with Crippen molar-refractivity contribution in [1.82, 2.24) is 9.80 Å². The molecule has 0 aromatic heterocycles. The number of rotatable bonds is 10. The number of ether oxygens (including phenoxy) is 2. The molecule has 1 aliphatic rings. The molecule has 0 saturated carbocycles. The Hall–Kier alpha value is -0.690. The summed E-state index contributed by atoms with van der Waals surface area (Å²) in [6.45, 7) is 10.0. The van der Waals surface area contributed by atoms with Crippen LogP contribution < -0.4 is 5.73 Å². The lowest BCUT2D eigenvalue weighted by atomic mass is 10.1. The van der Waals surface area contributed by atoms with E-state index in [1.807, 2.05) is 18.7 Å². The van der Waals surface area contributed by atoms with Crippen molar-refractivity contribution < 1.29 is 14.3 Å². The summed E-state index contributed by atoms with van der Waals surface area (Å²) >= 11 is 0. The number of carbonyl (C=O) groups is 1. The molecule has 1 saturated heterocycles. The van der Waals surface area contributed by atoms with Gasteiger partial charge in [0.15, 0.2) is 0 Å². The van der Waals surface area contributed by atoms with Crippen LogP contribution in [-0.4, -0.2) is 80.9 Å². The predicted octanol–water partition coefficient (Wildman–Crippen LogP) is 0.311. The quantitative estimate of drug-likeness (QED) is 0.588.